The first-order valence-corrected chi connectivity index (χ1v) is 7.96. The van der Waals surface area contributed by atoms with E-state index in [1.165, 1.54) is 58.7 Å². The van der Waals surface area contributed by atoms with Crippen LogP contribution in [-0.4, -0.2) is 36.1 Å². The van der Waals surface area contributed by atoms with Crippen LogP contribution in [0.15, 0.2) is 18.3 Å². The maximum absolute atomic E-state index is 11.4. The molecule has 2 fully saturated rings. The van der Waals surface area contributed by atoms with Gasteiger partial charge in [-0.1, -0.05) is 12.8 Å². The number of methoxy groups -OCH3 is 1. The van der Waals surface area contributed by atoms with Crippen LogP contribution in [0.4, 0.5) is 0 Å². The quantitative estimate of drug-likeness (QED) is 0.802. The van der Waals surface area contributed by atoms with Gasteiger partial charge in [-0.2, -0.15) is 0 Å². The van der Waals surface area contributed by atoms with Crippen molar-refractivity contribution in [3.8, 4) is 0 Å². The molecule has 0 unspecified atom stereocenters. The number of rotatable bonds is 3. The number of carbonyl (C=O) groups excluding carboxylic acids is 1. The third-order valence-electron chi connectivity index (χ3n) is 5.21. The van der Waals surface area contributed by atoms with Crippen LogP contribution in [0.2, 0.25) is 0 Å². The van der Waals surface area contributed by atoms with E-state index >= 15 is 0 Å². The number of hydrogen-bond acceptors (Lipinski definition) is 4. The molecule has 2 heterocycles. The summed E-state index contributed by atoms with van der Waals surface area (Å²) < 4.78 is 4.69. The van der Waals surface area contributed by atoms with Gasteiger partial charge in [-0.05, 0) is 56.3 Å². The predicted octanol–water partition coefficient (Wildman–Crippen LogP) is 3.02. The Morgan fingerprint density at radius 1 is 1.24 bits per heavy atom. The van der Waals surface area contributed by atoms with Crippen LogP contribution in [0, 0.1) is 5.41 Å². The van der Waals surface area contributed by atoms with Gasteiger partial charge in [0, 0.05) is 12.7 Å². The standard InChI is InChI=1S/C17H24N2O2/c1-21-16(20)14-4-5-15(18-12-14)13-19-10-8-17(9-11-19)6-2-3-7-17/h4-5,12H,2-3,6-11,13H2,1H3. The second-order valence-corrected chi connectivity index (χ2v) is 6.51. The van der Waals surface area contributed by atoms with Crippen LogP contribution in [0.25, 0.3) is 0 Å². The SMILES string of the molecule is COC(=O)c1ccc(CN2CCC3(CCCC3)CC2)nc1. The van der Waals surface area contributed by atoms with E-state index in [0.717, 1.165) is 12.2 Å². The third kappa shape index (κ3) is 3.26. The monoisotopic (exact) mass is 288 g/mol. The fraction of sp³-hybridized carbons (Fsp3) is 0.647. The molecule has 0 amide bonds. The van der Waals surface area contributed by atoms with E-state index in [2.05, 4.69) is 9.88 Å². The fourth-order valence-electron chi connectivity index (χ4n) is 3.80. The molecule has 1 saturated heterocycles. The summed E-state index contributed by atoms with van der Waals surface area (Å²) in [4.78, 5) is 18.3. The number of likely N-dealkylation sites (tertiary alicyclic amines) is 1. The summed E-state index contributed by atoms with van der Waals surface area (Å²) in [7, 11) is 1.39. The average molecular weight is 288 g/mol. The lowest BCUT2D eigenvalue weighted by Gasteiger charge is -2.39. The molecule has 4 nitrogen and oxygen atoms in total. The van der Waals surface area contributed by atoms with Crippen LogP contribution < -0.4 is 0 Å². The fourth-order valence-corrected chi connectivity index (χ4v) is 3.80. The summed E-state index contributed by atoms with van der Waals surface area (Å²) in [6, 6.07) is 3.74. The minimum absolute atomic E-state index is 0.324. The highest BCUT2D eigenvalue weighted by molar-refractivity contribution is 5.88. The van der Waals surface area contributed by atoms with Crippen molar-refractivity contribution in [2.45, 2.75) is 45.1 Å². The molecule has 1 spiro atoms. The summed E-state index contributed by atoms with van der Waals surface area (Å²) in [5.74, 6) is -0.324. The van der Waals surface area contributed by atoms with Crippen molar-refractivity contribution < 1.29 is 9.53 Å². The van der Waals surface area contributed by atoms with Crippen molar-refractivity contribution in [1.29, 1.82) is 0 Å². The number of ether oxygens (including phenoxy) is 1. The molecule has 0 bridgehead atoms. The summed E-state index contributed by atoms with van der Waals surface area (Å²) in [5, 5.41) is 0. The van der Waals surface area contributed by atoms with Gasteiger partial charge in [0.1, 0.15) is 0 Å². The van der Waals surface area contributed by atoms with E-state index < -0.39 is 0 Å². The number of piperidine rings is 1. The van der Waals surface area contributed by atoms with Crippen molar-refractivity contribution in [3.63, 3.8) is 0 Å². The van der Waals surface area contributed by atoms with Crippen LogP contribution in [0.3, 0.4) is 0 Å². The van der Waals surface area contributed by atoms with Crippen molar-refractivity contribution in [3.05, 3.63) is 29.6 Å². The van der Waals surface area contributed by atoms with E-state index in [4.69, 9.17) is 4.74 Å². The summed E-state index contributed by atoms with van der Waals surface area (Å²) in [6.45, 7) is 3.25. The van der Waals surface area contributed by atoms with Crippen LogP contribution >= 0.6 is 0 Å². The second-order valence-electron chi connectivity index (χ2n) is 6.51. The molecule has 0 atom stereocenters. The maximum Gasteiger partial charge on any atom is 0.339 e. The molecule has 1 saturated carbocycles. The number of hydrogen-bond donors (Lipinski definition) is 0. The Bertz CT molecular complexity index is 482. The van der Waals surface area contributed by atoms with E-state index in [9.17, 15) is 4.79 Å². The number of carbonyl (C=O) groups is 1. The molecule has 1 aromatic heterocycles. The van der Waals surface area contributed by atoms with Gasteiger partial charge in [-0.25, -0.2) is 4.79 Å². The minimum Gasteiger partial charge on any atom is -0.465 e. The lowest BCUT2D eigenvalue weighted by molar-refractivity contribution is 0.0600. The zero-order valence-corrected chi connectivity index (χ0v) is 12.8. The van der Waals surface area contributed by atoms with Gasteiger partial charge in [-0.3, -0.25) is 9.88 Å². The number of pyridine rings is 1. The van der Waals surface area contributed by atoms with E-state index in [-0.39, 0.29) is 5.97 Å². The lowest BCUT2D eigenvalue weighted by Crippen LogP contribution is -2.38. The summed E-state index contributed by atoms with van der Waals surface area (Å²) in [6.07, 6.45) is 10.0. The highest BCUT2D eigenvalue weighted by Crippen LogP contribution is 2.46. The molecule has 4 heteroatoms. The van der Waals surface area contributed by atoms with E-state index in [1.54, 1.807) is 12.3 Å². The predicted molar refractivity (Wildman–Crippen MR) is 81.0 cm³/mol. The Hall–Kier alpha value is -1.42. The summed E-state index contributed by atoms with van der Waals surface area (Å²) >= 11 is 0. The normalized spacial score (nSPS) is 21.6. The molecule has 1 aliphatic carbocycles. The molecule has 0 radical (unpaired) electrons. The van der Waals surface area contributed by atoms with E-state index in [1.807, 2.05) is 6.07 Å². The van der Waals surface area contributed by atoms with Crippen molar-refractivity contribution >= 4 is 5.97 Å². The molecule has 0 aromatic carbocycles. The van der Waals surface area contributed by atoms with Gasteiger partial charge in [-0.15, -0.1) is 0 Å². The molecule has 2 aliphatic rings. The topological polar surface area (TPSA) is 42.4 Å². The number of nitrogens with zero attached hydrogens (tertiary/aromatic N) is 2. The van der Waals surface area contributed by atoms with Crippen LogP contribution in [0.1, 0.15) is 54.6 Å². The highest BCUT2D eigenvalue weighted by atomic mass is 16.5. The first-order chi connectivity index (χ1) is 10.2. The van der Waals surface area contributed by atoms with Crippen molar-refractivity contribution in [2.75, 3.05) is 20.2 Å². The molecular formula is C17H24N2O2. The molecule has 0 N–H and O–H groups in total. The zero-order chi connectivity index (χ0) is 14.7. The molecule has 114 valence electrons. The summed E-state index contributed by atoms with van der Waals surface area (Å²) in [5.41, 5.74) is 2.22. The van der Waals surface area contributed by atoms with Gasteiger partial charge in [0.25, 0.3) is 0 Å². The van der Waals surface area contributed by atoms with Gasteiger partial charge < -0.3 is 4.74 Å². The Balaban J connectivity index is 1.54. The van der Waals surface area contributed by atoms with Gasteiger partial charge in [0.2, 0.25) is 0 Å². The number of esters is 1. The van der Waals surface area contributed by atoms with Crippen molar-refractivity contribution in [1.82, 2.24) is 9.88 Å². The van der Waals surface area contributed by atoms with Gasteiger partial charge in [0.15, 0.2) is 0 Å². The van der Waals surface area contributed by atoms with Crippen LogP contribution in [0.5, 0.6) is 0 Å². The van der Waals surface area contributed by atoms with Gasteiger partial charge in [0.05, 0.1) is 18.4 Å². The molecule has 1 aromatic rings. The van der Waals surface area contributed by atoms with Gasteiger partial charge >= 0.3 is 5.97 Å². The molecular weight excluding hydrogens is 264 g/mol. The Morgan fingerprint density at radius 2 is 1.95 bits per heavy atom. The number of aromatic nitrogens is 1. The van der Waals surface area contributed by atoms with E-state index in [0.29, 0.717) is 11.0 Å². The first-order valence-electron chi connectivity index (χ1n) is 7.96. The second kappa shape index (κ2) is 6.14. The Labute approximate surface area is 126 Å². The lowest BCUT2D eigenvalue weighted by atomic mass is 9.77. The minimum atomic E-state index is -0.324. The van der Waals surface area contributed by atoms with Crippen molar-refractivity contribution in [2.24, 2.45) is 5.41 Å². The molecule has 21 heavy (non-hydrogen) atoms. The third-order valence-corrected chi connectivity index (χ3v) is 5.21. The Kier molecular flexibility index (Phi) is 4.24. The highest BCUT2D eigenvalue weighted by Gasteiger charge is 2.36. The molecule has 1 aliphatic heterocycles. The average Bonchev–Trinajstić information content (AvgIpc) is 2.98. The zero-order valence-electron chi connectivity index (χ0n) is 12.8. The smallest absolute Gasteiger partial charge is 0.339 e. The first kappa shape index (κ1) is 14.5. The largest absolute Gasteiger partial charge is 0.465 e. The maximum atomic E-state index is 11.4. The Morgan fingerprint density at radius 3 is 2.52 bits per heavy atom. The van der Waals surface area contributed by atoms with Crippen LogP contribution in [-0.2, 0) is 11.3 Å². The molecule has 3 rings (SSSR count).